The lowest BCUT2D eigenvalue weighted by molar-refractivity contribution is -0.132. The van der Waals surface area contributed by atoms with Crippen LogP contribution in [0.2, 0.25) is 0 Å². The molecule has 32 heavy (non-hydrogen) atoms. The van der Waals surface area contributed by atoms with E-state index in [1.807, 2.05) is 20.8 Å². The minimum Gasteiger partial charge on any atom is -0.497 e. The molecule has 1 aliphatic carbocycles. The molecule has 5 rings (SSSR count). The van der Waals surface area contributed by atoms with Gasteiger partial charge in [-0.25, -0.2) is 13.6 Å². The molecule has 1 amide bonds. The molecule has 1 saturated carbocycles. The lowest BCUT2D eigenvalue weighted by Gasteiger charge is -2.52. The second-order valence-corrected chi connectivity index (χ2v) is 9.71. The predicted molar refractivity (Wildman–Crippen MR) is 116 cm³/mol. The molecule has 0 unspecified atom stereocenters. The lowest BCUT2D eigenvalue weighted by Crippen LogP contribution is -2.61. The van der Waals surface area contributed by atoms with Gasteiger partial charge in [-0.3, -0.25) is 9.88 Å². The van der Waals surface area contributed by atoms with Crippen LogP contribution in [0.5, 0.6) is 5.75 Å². The largest absolute Gasteiger partial charge is 0.497 e. The number of fused-ring (bicyclic) bond motifs is 4. The summed E-state index contributed by atoms with van der Waals surface area (Å²) in [4.78, 5) is 18.9. The highest BCUT2D eigenvalue weighted by Crippen LogP contribution is 2.41. The van der Waals surface area contributed by atoms with E-state index in [4.69, 9.17) is 14.2 Å². The Bertz CT molecular complexity index is 999. The molecule has 2 aliphatic heterocycles. The first kappa shape index (κ1) is 22.7. The first-order chi connectivity index (χ1) is 15.1. The molecule has 1 aromatic heterocycles. The number of amides is 1. The van der Waals surface area contributed by atoms with Crippen molar-refractivity contribution in [2.24, 2.45) is 0 Å². The SMILES string of the molecule is COc1cc(F)c2ncc(F)c(CCN(C(=O)OC(C)(C)C)C34CCC(CC3)OC4)c2c1. The minimum atomic E-state index is -0.663. The Morgan fingerprint density at radius 2 is 1.97 bits per heavy atom. The average molecular weight is 449 g/mol. The van der Waals surface area contributed by atoms with Crippen LogP contribution >= 0.6 is 0 Å². The first-order valence-corrected chi connectivity index (χ1v) is 11.0. The summed E-state index contributed by atoms with van der Waals surface area (Å²) in [5.74, 6) is -0.845. The van der Waals surface area contributed by atoms with Crippen LogP contribution in [-0.4, -0.2) is 53.5 Å². The number of pyridine rings is 1. The van der Waals surface area contributed by atoms with E-state index in [1.54, 1.807) is 11.0 Å². The van der Waals surface area contributed by atoms with E-state index < -0.39 is 28.9 Å². The Labute approximate surface area is 186 Å². The summed E-state index contributed by atoms with van der Waals surface area (Å²) >= 11 is 0. The summed E-state index contributed by atoms with van der Waals surface area (Å²) in [5.41, 5.74) is -0.766. The number of benzene rings is 1. The van der Waals surface area contributed by atoms with Gasteiger partial charge in [0.1, 0.15) is 22.7 Å². The van der Waals surface area contributed by atoms with Gasteiger partial charge >= 0.3 is 6.09 Å². The van der Waals surface area contributed by atoms with Crippen LogP contribution in [0.1, 0.15) is 52.0 Å². The lowest BCUT2D eigenvalue weighted by atomic mass is 9.76. The highest BCUT2D eigenvalue weighted by atomic mass is 19.1. The fourth-order valence-electron chi connectivity index (χ4n) is 4.76. The molecule has 2 aromatic rings. The van der Waals surface area contributed by atoms with Gasteiger partial charge in [-0.15, -0.1) is 0 Å². The second kappa shape index (κ2) is 8.46. The Hall–Kier alpha value is -2.48. The van der Waals surface area contributed by atoms with E-state index in [-0.39, 0.29) is 30.3 Å². The number of aromatic nitrogens is 1. The third-order valence-corrected chi connectivity index (χ3v) is 6.42. The fraction of sp³-hybridized carbons (Fsp3) is 0.583. The average Bonchev–Trinajstić information content (AvgIpc) is 2.75. The third-order valence-electron chi connectivity index (χ3n) is 6.42. The molecular weight excluding hydrogens is 418 g/mol. The smallest absolute Gasteiger partial charge is 0.410 e. The molecule has 3 fully saturated rings. The number of hydrogen-bond donors (Lipinski definition) is 0. The third kappa shape index (κ3) is 4.37. The van der Waals surface area contributed by atoms with Crippen molar-refractivity contribution in [3.8, 4) is 5.75 Å². The first-order valence-electron chi connectivity index (χ1n) is 11.0. The van der Waals surface area contributed by atoms with Crippen LogP contribution in [0, 0.1) is 11.6 Å². The van der Waals surface area contributed by atoms with Gasteiger partial charge in [-0.2, -0.15) is 0 Å². The second-order valence-electron chi connectivity index (χ2n) is 9.71. The molecule has 3 heterocycles. The number of halogens is 2. The van der Waals surface area contributed by atoms with Crippen LogP contribution in [0.3, 0.4) is 0 Å². The molecule has 1 aromatic carbocycles. The molecular formula is C24H30F2N2O4. The molecule has 3 aliphatic rings. The summed E-state index contributed by atoms with van der Waals surface area (Å²) in [6, 6.07) is 2.80. The summed E-state index contributed by atoms with van der Waals surface area (Å²) in [6.45, 7) is 6.12. The number of methoxy groups -OCH3 is 1. The van der Waals surface area contributed by atoms with Gasteiger partial charge in [0.2, 0.25) is 0 Å². The van der Waals surface area contributed by atoms with E-state index in [0.717, 1.165) is 31.9 Å². The van der Waals surface area contributed by atoms with Gasteiger partial charge in [-0.1, -0.05) is 0 Å². The molecule has 0 N–H and O–H groups in total. The monoisotopic (exact) mass is 448 g/mol. The van der Waals surface area contributed by atoms with Crippen LogP contribution in [0.15, 0.2) is 18.3 Å². The molecule has 6 nitrogen and oxygen atoms in total. The van der Waals surface area contributed by atoms with Gasteiger partial charge in [0.25, 0.3) is 0 Å². The van der Waals surface area contributed by atoms with Crippen molar-refractivity contribution in [1.29, 1.82) is 0 Å². The van der Waals surface area contributed by atoms with Crippen molar-refractivity contribution in [2.45, 2.75) is 70.1 Å². The normalized spacial score (nSPS) is 22.8. The number of ether oxygens (including phenoxy) is 3. The summed E-state index contributed by atoms with van der Waals surface area (Å²) in [5, 5.41) is 0.340. The number of hydrogen-bond acceptors (Lipinski definition) is 5. The highest BCUT2D eigenvalue weighted by Gasteiger charge is 2.48. The number of rotatable bonds is 5. The van der Waals surface area contributed by atoms with Crippen LogP contribution in [-0.2, 0) is 15.9 Å². The van der Waals surface area contributed by atoms with Crippen LogP contribution in [0.4, 0.5) is 13.6 Å². The highest BCUT2D eigenvalue weighted by molar-refractivity contribution is 5.84. The van der Waals surface area contributed by atoms with Crippen molar-refractivity contribution in [3.05, 3.63) is 35.5 Å². The molecule has 8 heteroatoms. The van der Waals surface area contributed by atoms with Crippen molar-refractivity contribution in [1.82, 2.24) is 9.88 Å². The van der Waals surface area contributed by atoms with E-state index in [9.17, 15) is 13.6 Å². The van der Waals surface area contributed by atoms with Crippen LogP contribution < -0.4 is 4.74 Å². The van der Waals surface area contributed by atoms with E-state index in [2.05, 4.69) is 4.98 Å². The zero-order valence-corrected chi connectivity index (χ0v) is 19.0. The van der Waals surface area contributed by atoms with Gasteiger partial charge in [-0.05, 0) is 58.9 Å². The van der Waals surface area contributed by atoms with E-state index in [1.165, 1.54) is 13.2 Å². The van der Waals surface area contributed by atoms with Gasteiger partial charge in [0, 0.05) is 23.6 Å². The fourth-order valence-corrected chi connectivity index (χ4v) is 4.76. The Balaban J connectivity index is 1.68. The van der Waals surface area contributed by atoms with Crippen molar-refractivity contribution >= 4 is 17.0 Å². The zero-order valence-electron chi connectivity index (χ0n) is 19.0. The predicted octanol–water partition coefficient (Wildman–Crippen LogP) is 5.01. The summed E-state index contributed by atoms with van der Waals surface area (Å²) in [7, 11) is 1.43. The maximum Gasteiger partial charge on any atom is 0.410 e. The molecule has 2 saturated heterocycles. The summed E-state index contributed by atoms with van der Waals surface area (Å²) < 4.78 is 46.2. The van der Waals surface area contributed by atoms with Crippen molar-refractivity contribution < 1.29 is 27.8 Å². The van der Waals surface area contributed by atoms with Gasteiger partial charge in [0.15, 0.2) is 5.82 Å². The van der Waals surface area contributed by atoms with Crippen molar-refractivity contribution in [2.75, 3.05) is 20.3 Å². The molecule has 0 radical (unpaired) electrons. The number of carbonyl (C=O) groups excluding carboxylic acids is 1. The summed E-state index contributed by atoms with van der Waals surface area (Å²) in [6.07, 6.45) is 4.42. The van der Waals surface area contributed by atoms with E-state index >= 15 is 0 Å². The van der Waals surface area contributed by atoms with Crippen LogP contribution in [0.25, 0.3) is 10.9 Å². The van der Waals surface area contributed by atoms with Crippen molar-refractivity contribution in [3.63, 3.8) is 0 Å². The van der Waals surface area contributed by atoms with E-state index in [0.29, 0.717) is 17.6 Å². The number of carbonyl (C=O) groups is 1. The number of nitrogens with zero attached hydrogens (tertiary/aromatic N) is 2. The van der Waals surface area contributed by atoms with Gasteiger partial charge < -0.3 is 14.2 Å². The molecule has 2 bridgehead atoms. The quantitative estimate of drug-likeness (QED) is 0.643. The standard InChI is InChI=1S/C24H30F2N2O4/c1-23(2,3)32-22(29)28(24-8-5-15(6-9-24)31-14-24)10-7-17-18-11-16(30-4)12-19(25)21(18)27-13-20(17)26/h11-13,15H,5-10,14H2,1-4H3. The molecule has 0 atom stereocenters. The Morgan fingerprint density at radius 3 is 2.56 bits per heavy atom. The maximum atomic E-state index is 14.9. The molecule has 0 spiro atoms. The topological polar surface area (TPSA) is 60.9 Å². The zero-order chi connectivity index (χ0) is 23.1. The molecule has 174 valence electrons. The minimum absolute atomic E-state index is 0.0747. The Kier molecular flexibility index (Phi) is 6.00. The Morgan fingerprint density at radius 1 is 1.25 bits per heavy atom. The van der Waals surface area contributed by atoms with Gasteiger partial charge in [0.05, 0.1) is 31.6 Å². The maximum absolute atomic E-state index is 14.9.